The van der Waals surface area contributed by atoms with Gasteiger partial charge < -0.3 is 15.0 Å². The van der Waals surface area contributed by atoms with Crippen LogP contribution in [0.2, 0.25) is 0 Å². The molecule has 23 heavy (non-hydrogen) atoms. The quantitative estimate of drug-likeness (QED) is 0.937. The van der Waals surface area contributed by atoms with Gasteiger partial charge in [0.1, 0.15) is 11.6 Å². The summed E-state index contributed by atoms with van der Waals surface area (Å²) in [6.45, 7) is 0.649. The van der Waals surface area contributed by atoms with Crippen molar-refractivity contribution >= 4 is 33.6 Å². The van der Waals surface area contributed by atoms with E-state index in [1.54, 1.807) is 11.3 Å². The van der Waals surface area contributed by atoms with Gasteiger partial charge in [-0.3, -0.25) is 4.79 Å². The standard InChI is InChI=1S/C16H19N3O3S/c1-22-16(21)17-10-14(20)19-9-5-4-7-12(19)15-18-11-6-2-3-8-13(11)23-15/h2-3,6,8,12H,4-5,7,9-10H2,1H3,(H,17,21)/t12-/m0/s1. The largest absolute Gasteiger partial charge is 0.453 e. The van der Waals surface area contributed by atoms with E-state index in [1.807, 2.05) is 29.2 Å². The molecule has 0 radical (unpaired) electrons. The third-order valence-corrected chi connectivity index (χ3v) is 5.13. The topological polar surface area (TPSA) is 71.5 Å². The van der Waals surface area contributed by atoms with Crippen molar-refractivity contribution in [2.45, 2.75) is 25.3 Å². The van der Waals surface area contributed by atoms with Crippen LogP contribution < -0.4 is 5.32 Å². The van der Waals surface area contributed by atoms with Crippen LogP contribution >= 0.6 is 11.3 Å². The van der Waals surface area contributed by atoms with Crippen molar-refractivity contribution in [1.82, 2.24) is 15.2 Å². The van der Waals surface area contributed by atoms with Crippen LogP contribution in [0.25, 0.3) is 10.2 Å². The molecule has 0 unspecified atom stereocenters. The van der Waals surface area contributed by atoms with Crippen LogP contribution in [0, 0.1) is 0 Å². The van der Waals surface area contributed by atoms with E-state index in [9.17, 15) is 9.59 Å². The summed E-state index contributed by atoms with van der Waals surface area (Å²) >= 11 is 1.64. The Hall–Kier alpha value is -2.15. The number of likely N-dealkylation sites (tertiary alicyclic amines) is 1. The zero-order valence-corrected chi connectivity index (χ0v) is 13.8. The molecule has 1 atom stereocenters. The molecule has 6 nitrogen and oxygen atoms in total. The first-order valence-corrected chi connectivity index (χ1v) is 8.47. The number of carbonyl (C=O) groups is 2. The normalized spacial score (nSPS) is 18.0. The fourth-order valence-electron chi connectivity index (χ4n) is 2.84. The number of nitrogens with one attached hydrogen (secondary N) is 1. The number of hydrogen-bond donors (Lipinski definition) is 1. The average molecular weight is 333 g/mol. The molecule has 122 valence electrons. The van der Waals surface area contributed by atoms with Gasteiger partial charge in [0, 0.05) is 6.54 Å². The first kappa shape index (κ1) is 15.7. The molecule has 1 aliphatic rings. The summed E-state index contributed by atoms with van der Waals surface area (Å²) in [5, 5.41) is 3.43. The number of nitrogens with zero attached hydrogens (tertiary/aromatic N) is 2. The molecule has 3 rings (SSSR count). The number of para-hydroxylation sites is 1. The molecule has 0 bridgehead atoms. The van der Waals surface area contributed by atoms with Crippen molar-refractivity contribution in [3.63, 3.8) is 0 Å². The smallest absolute Gasteiger partial charge is 0.407 e. The zero-order valence-electron chi connectivity index (χ0n) is 12.9. The molecule has 1 fully saturated rings. The van der Waals surface area contributed by atoms with E-state index in [4.69, 9.17) is 4.98 Å². The molecule has 7 heteroatoms. The Morgan fingerprint density at radius 1 is 1.39 bits per heavy atom. The molecule has 1 aromatic heterocycles. The SMILES string of the molecule is COC(=O)NCC(=O)N1CCCC[C@H]1c1nc2ccccc2s1. The molecular weight excluding hydrogens is 314 g/mol. The number of benzene rings is 1. The van der Waals surface area contributed by atoms with E-state index < -0.39 is 6.09 Å². The van der Waals surface area contributed by atoms with Crippen LogP contribution in [0.15, 0.2) is 24.3 Å². The van der Waals surface area contributed by atoms with Crippen LogP contribution in [-0.4, -0.2) is 42.1 Å². The second-order valence-corrected chi connectivity index (χ2v) is 6.53. The number of aromatic nitrogens is 1. The first-order valence-electron chi connectivity index (χ1n) is 7.66. The van der Waals surface area contributed by atoms with E-state index in [1.165, 1.54) is 7.11 Å². The van der Waals surface area contributed by atoms with E-state index in [-0.39, 0.29) is 18.5 Å². The van der Waals surface area contributed by atoms with Crippen LogP contribution in [0.4, 0.5) is 4.79 Å². The number of hydrogen-bond acceptors (Lipinski definition) is 5. The van der Waals surface area contributed by atoms with Crippen LogP contribution in [0.1, 0.15) is 30.3 Å². The maximum absolute atomic E-state index is 12.4. The van der Waals surface area contributed by atoms with Gasteiger partial charge in [0.2, 0.25) is 5.91 Å². The molecule has 1 aromatic carbocycles. The zero-order chi connectivity index (χ0) is 16.2. The van der Waals surface area contributed by atoms with E-state index in [0.717, 1.165) is 34.5 Å². The lowest BCUT2D eigenvalue weighted by Gasteiger charge is -2.34. The Bertz CT molecular complexity index is 682. The van der Waals surface area contributed by atoms with Gasteiger partial charge in [0.15, 0.2) is 0 Å². The predicted molar refractivity (Wildman–Crippen MR) is 88.3 cm³/mol. The molecule has 1 aliphatic heterocycles. The van der Waals surface area contributed by atoms with Crippen molar-refractivity contribution in [3.05, 3.63) is 29.3 Å². The van der Waals surface area contributed by atoms with Gasteiger partial charge in [-0.25, -0.2) is 9.78 Å². The molecule has 2 heterocycles. The highest BCUT2D eigenvalue weighted by Crippen LogP contribution is 2.35. The Morgan fingerprint density at radius 3 is 3.00 bits per heavy atom. The number of ether oxygens (including phenoxy) is 1. The van der Waals surface area contributed by atoms with Crippen LogP contribution in [-0.2, 0) is 9.53 Å². The highest BCUT2D eigenvalue weighted by molar-refractivity contribution is 7.18. The minimum Gasteiger partial charge on any atom is -0.453 e. The monoisotopic (exact) mass is 333 g/mol. The van der Waals surface area contributed by atoms with Gasteiger partial charge in [0.25, 0.3) is 0 Å². The summed E-state index contributed by atoms with van der Waals surface area (Å²) in [5.41, 5.74) is 0.971. The Morgan fingerprint density at radius 2 is 2.22 bits per heavy atom. The molecule has 1 saturated heterocycles. The summed E-state index contributed by atoms with van der Waals surface area (Å²) in [4.78, 5) is 30.1. The summed E-state index contributed by atoms with van der Waals surface area (Å²) in [6.07, 6.45) is 2.37. The highest BCUT2D eigenvalue weighted by Gasteiger charge is 2.30. The number of methoxy groups -OCH3 is 1. The van der Waals surface area contributed by atoms with Crippen LogP contribution in [0.5, 0.6) is 0 Å². The van der Waals surface area contributed by atoms with Crippen molar-refractivity contribution < 1.29 is 14.3 Å². The molecule has 2 aromatic rings. The fourth-order valence-corrected chi connectivity index (χ4v) is 3.96. The second-order valence-electron chi connectivity index (χ2n) is 5.46. The molecule has 2 amide bonds. The molecule has 0 spiro atoms. The fraction of sp³-hybridized carbons (Fsp3) is 0.438. The Labute approximate surface area is 138 Å². The van der Waals surface area contributed by atoms with E-state index in [0.29, 0.717) is 6.54 Å². The third-order valence-electron chi connectivity index (χ3n) is 3.99. The number of thiazole rings is 1. The summed E-state index contributed by atoms with van der Waals surface area (Å²) < 4.78 is 5.64. The van der Waals surface area contributed by atoms with Gasteiger partial charge in [-0.15, -0.1) is 11.3 Å². The number of fused-ring (bicyclic) bond motifs is 1. The lowest BCUT2D eigenvalue weighted by Crippen LogP contribution is -2.44. The van der Waals surface area contributed by atoms with Crippen molar-refractivity contribution in [1.29, 1.82) is 0 Å². The summed E-state index contributed by atoms with van der Waals surface area (Å²) in [5.74, 6) is -0.0978. The molecule has 0 aliphatic carbocycles. The number of rotatable bonds is 3. The van der Waals surface area contributed by atoms with Gasteiger partial charge in [0.05, 0.1) is 23.4 Å². The summed E-state index contributed by atoms with van der Waals surface area (Å²) in [6, 6.07) is 7.99. The number of alkyl carbamates (subject to hydrolysis) is 1. The Balaban J connectivity index is 1.78. The number of carbonyl (C=O) groups excluding carboxylic acids is 2. The van der Waals surface area contributed by atoms with E-state index >= 15 is 0 Å². The minimum atomic E-state index is -0.591. The van der Waals surface area contributed by atoms with Crippen LogP contribution in [0.3, 0.4) is 0 Å². The molecule has 0 saturated carbocycles. The van der Waals surface area contributed by atoms with Crippen molar-refractivity contribution in [2.75, 3.05) is 20.2 Å². The molecule has 1 N–H and O–H groups in total. The van der Waals surface area contributed by atoms with Crippen molar-refractivity contribution in [3.8, 4) is 0 Å². The lowest BCUT2D eigenvalue weighted by atomic mass is 10.0. The first-order chi connectivity index (χ1) is 11.2. The van der Waals surface area contributed by atoms with Crippen molar-refractivity contribution in [2.24, 2.45) is 0 Å². The maximum atomic E-state index is 12.4. The highest BCUT2D eigenvalue weighted by atomic mass is 32.1. The number of amides is 2. The predicted octanol–water partition coefficient (Wildman–Crippen LogP) is 2.71. The second kappa shape index (κ2) is 6.95. The minimum absolute atomic E-state index is 0.00639. The van der Waals surface area contributed by atoms with Gasteiger partial charge in [-0.2, -0.15) is 0 Å². The van der Waals surface area contributed by atoms with Gasteiger partial charge >= 0.3 is 6.09 Å². The van der Waals surface area contributed by atoms with E-state index in [2.05, 4.69) is 10.1 Å². The maximum Gasteiger partial charge on any atom is 0.407 e. The summed E-state index contributed by atoms with van der Waals surface area (Å²) in [7, 11) is 1.28. The Kier molecular flexibility index (Phi) is 4.76. The molecular formula is C16H19N3O3S. The van der Waals surface area contributed by atoms with Gasteiger partial charge in [-0.05, 0) is 31.4 Å². The third kappa shape index (κ3) is 3.44. The average Bonchev–Trinajstić information content (AvgIpc) is 3.03. The van der Waals surface area contributed by atoms with Gasteiger partial charge in [-0.1, -0.05) is 12.1 Å². The lowest BCUT2D eigenvalue weighted by molar-refractivity contribution is -0.134. The number of piperidine rings is 1.